The molecule has 1 saturated heterocycles. The van der Waals surface area contributed by atoms with Crippen molar-refractivity contribution < 1.29 is 14.3 Å². The van der Waals surface area contributed by atoms with Crippen LogP contribution in [0.5, 0.6) is 0 Å². The van der Waals surface area contributed by atoms with E-state index in [0.717, 1.165) is 19.3 Å². The Kier molecular flexibility index (Phi) is 6.84. The Hall–Kier alpha value is -1.10. The minimum Gasteiger partial charge on any atom is -0.372 e. The molecule has 1 fully saturated rings. The summed E-state index contributed by atoms with van der Waals surface area (Å²) in [7, 11) is 0. The lowest BCUT2D eigenvalue weighted by atomic mass is 10.1. The van der Waals surface area contributed by atoms with Gasteiger partial charge in [0.05, 0.1) is 12.2 Å². The molecule has 0 aromatic heterocycles. The summed E-state index contributed by atoms with van der Waals surface area (Å²) < 4.78 is 5.61. The fourth-order valence-electron chi connectivity index (χ4n) is 2.38. The van der Waals surface area contributed by atoms with Crippen LogP contribution in [0.1, 0.15) is 46.5 Å². The second-order valence-corrected chi connectivity index (χ2v) is 5.35. The van der Waals surface area contributed by atoms with E-state index < -0.39 is 0 Å². The lowest BCUT2D eigenvalue weighted by Gasteiger charge is -2.35. The molecule has 1 N–H and O–H groups in total. The maximum Gasteiger partial charge on any atom is 0.222 e. The Morgan fingerprint density at radius 3 is 2.37 bits per heavy atom. The molecule has 0 aromatic rings. The van der Waals surface area contributed by atoms with Crippen LogP contribution in [0.2, 0.25) is 0 Å². The Morgan fingerprint density at radius 1 is 1.16 bits per heavy atom. The molecule has 0 spiro atoms. The fourth-order valence-corrected chi connectivity index (χ4v) is 2.38. The summed E-state index contributed by atoms with van der Waals surface area (Å²) in [6.45, 7) is 7.64. The van der Waals surface area contributed by atoms with Gasteiger partial charge < -0.3 is 15.0 Å². The van der Waals surface area contributed by atoms with Gasteiger partial charge in [0.15, 0.2) is 0 Å². The van der Waals surface area contributed by atoms with Crippen molar-refractivity contribution in [3.8, 4) is 0 Å². The molecule has 0 aromatic carbocycles. The van der Waals surface area contributed by atoms with Crippen molar-refractivity contribution in [3.63, 3.8) is 0 Å². The third kappa shape index (κ3) is 6.57. The van der Waals surface area contributed by atoms with Crippen LogP contribution >= 0.6 is 0 Å². The molecule has 2 atom stereocenters. The van der Waals surface area contributed by atoms with Crippen molar-refractivity contribution in [2.75, 3.05) is 19.6 Å². The summed E-state index contributed by atoms with van der Waals surface area (Å²) in [5.41, 5.74) is 0. The Balaban J connectivity index is 2.12. The minimum absolute atomic E-state index is 0.00682. The highest BCUT2D eigenvalue weighted by atomic mass is 16.5. The smallest absolute Gasteiger partial charge is 0.222 e. The van der Waals surface area contributed by atoms with Crippen LogP contribution in [0.15, 0.2) is 0 Å². The molecule has 5 heteroatoms. The highest BCUT2D eigenvalue weighted by molar-refractivity contribution is 5.76. The van der Waals surface area contributed by atoms with Gasteiger partial charge in [-0.3, -0.25) is 9.59 Å². The van der Waals surface area contributed by atoms with E-state index in [0.29, 0.717) is 26.1 Å². The van der Waals surface area contributed by atoms with Crippen molar-refractivity contribution in [2.45, 2.75) is 58.7 Å². The minimum atomic E-state index is 0.00682. The van der Waals surface area contributed by atoms with Crippen LogP contribution in [0.25, 0.3) is 0 Å². The number of hydrogen-bond donors (Lipinski definition) is 1. The van der Waals surface area contributed by atoms with E-state index >= 15 is 0 Å². The van der Waals surface area contributed by atoms with Gasteiger partial charge in [0, 0.05) is 33.0 Å². The van der Waals surface area contributed by atoms with Crippen LogP contribution in [-0.2, 0) is 14.3 Å². The number of carbonyl (C=O) groups excluding carboxylic acids is 2. The topological polar surface area (TPSA) is 58.6 Å². The van der Waals surface area contributed by atoms with Crippen molar-refractivity contribution in [1.82, 2.24) is 10.2 Å². The number of hydrogen-bond acceptors (Lipinski definition) is 3. The number of unbranched alkanes of at least 4 members (excludes halogenated alkanes) is 2. The average Bonchev–Trinajstić information content (AvgIpc) is 2.31. The highest BCUT2D eigenvalue weighted by Gasteiger charge is 2.25. The van der Waals surface area contributed by atoms with E-state index in [-0.39, 0.29) is 24.0 Å². The van der Waals surface area contributed by atoms with Crippen LogP contribution < -0.4 is 5.32 Å². The number of nitrogens with zero attached hydrogens (tertiary/aromatic N) is 1. The second kappa shape index (κ2) is 8.15. The first-order valence-corrected chi connectivity index (χ1v) is 7.16. The first-order valence-electron chi connectivity index (χ1n) is 7.16. The second-order valence-electron chi connectivity index (χ2n) is 5.35. The van der Waals surface area contributed by atoms with E-state index in [2.05, 4.69) is 5.32 Å². The summed E-state index contributed by atoms with van der Waals surface area (Å²) in [4.78, 5) is 24.6. The van der Waals surface area contributed by atoms with E-state index in [1.54, 1.807) is 0 Å². The lowest BCUT2D eigenvalue weighted by Crippen LogP contribution is -2.48. The molecule has 1 heterocycles. The van der Waals surface area contributed by atoms with Crippen molar-refractivity contribution in [1.29, 1.82) is 0 Å². The lowest BCUT2D eigenvalue weighted by molar-refractivity contribution is -0.143. The number of amides is 2. The molecule has 0 aliphatic carbocycles. The van der Waals surface area contributed by atoms with Crippen molar-refractivity contribution in [3.05, 3.63) is 0 Å². The zero-order chi connectivity index (χ0) is 14.3. The number of nitrogens with one attached hydrogen (secondary N) is 1. The maximum absolute atomic E-state index is 12.0. The molecule has 1 rings (SSSR count). The van der Waals surface area contributed by atoms with Gasteiger partial charge in [-0.25, -0.2) is 0 Å². The van der Waals surface area contributed by atoms with Crippen LogP contribution in [0.4, 0.5) is 0 Å². The summed E-state index contributed by atoms with van der Waals surface area (Å²) in [5, 5.41) is 2.76. The molecule has 1 aliphatic heterocycles. The number of ether oxygens (including phenoxy) is 1. The first-order chi connectivity index (χ1) is 8.99. The number of rotatable bonds is 6. The largest absolute Gasteiger partial charge is 0.372 e. The Bertz CT molecular complexity index is 297. The third-order valence-electron chi connectivity index (χ3n) is 3.21. The normalized spacial score (nSPS) is 23.2. The van der Waals surface area contributed by atoms with Gasteiger partial charge in [-0.05, 0) is 26.7 Å². The van der Waals surface area contributed by atoms with E-state index in [1.165, 1.54) is 6.92 Å². The summed E-state index contributed by atoms with van der Waals surface area (Å²) in [6.07, 6.45) is 3.65. The monoisotopic (exact) mass is 270 g/mol. The van der Waals surface area contributed by atoms with E-state index in [1.807, 2.05) is 18.7 Å². The van der Waals surface area contributed by atoms with Gasteiger partial charge in [-0.1, -0.05) is 6.42 Å². The number of morpholine rings is 1. The molecular formula is C14H26N2O3. The van der Waals surface area contributed by atoms with Crippen LogP contribution in [-0.4, -0.2) is 48.6 Å². The quantitative estimate of drug-likeness (QED) is 0.741. The molecular weight excluding hydrogens is 244 g/mol. The number of carbonyl (C=O) groups is 2. The Labute approximate surface area is 115 Å². The molecule has 0 unspecified atom stereocenters. The highest BCUT2D eigenvalue weighted by Crippen LogP contribution is 2.13. The molecule has 19 heavy (non-hydrogen) atoms. The van der Waals surface area contributed by atoms with Gasteiger partial charge in [-0.2, -0.15) is 0 Å². The average molecular weight is 270 g/mol. The van der Waals surface area contributed by atoms with Gasteiger partial charge in [0.1, 0.15) is 0 Å². The van der Waals surface area contributed by atoms with Gasteiger partial charge >= 0.3 is 0 Å². The van der Waals surface area contributed by atoms with E-state index in [9.17, 15) is 9.59 Å². The molecule has 110 valence electrons. The zero-order valence-electron chi connectivity index (χ0n) is 12.3. The van der Waals surface area contributed by atoms with Crippen LogP contribution in [0, 0.1) is 0 Å². The molecule has 1 aliphatic rings. The molecule has 0 radical (unpaired) electrons. The van der Waals surface area contributed by atoms with Gasteiger partial charge in [-0.15, -0.1) is 0 Å². The molecule has 0 saturated carbocycles. The predicted octanol–water partition coefficient (Wildman–Crippen LogP) is 1.32. The molecule has 0 bridgehead atoms. The SMILES string of the molecule is CC(=O)NCCCCCC(=O)N1C[C@H](C)O[C@@H](C)C1. The summed E-state index contributed by atoms with van der Waals surface area (Å²) in [6, 6.07) is 0. The fraction of sp³-hybridized carbons (Fsp3) is 0.857. The van der Waals surface area contributed by atoms with Crippen molar-refractivity contribution >= 4 is 11.8 Å². The van der Waals surface area contributed by atoms with Gasteiger partial charge in [0.2, 0.25) is 11.8 Å². The zero-order valence-corrected chi connectivity index (χ0v) is 12.3. The first kappa shape index (κ1) is 16.0. The maximum atomic E-state index is 12.0. The van der Waals surface area contributed by atoms with Crippen LogP contribution in [0.3, 0.4) is 0 Å². The van der Waals surface area contributed by atoms with Gasteiger partial charge in [0.25, 0.3) is 0 Å². The van der Waals surface area contributed by atoms with Crippen molar-refractivity contribution in [2.24, 2.45) is 0 Å². The third-order valence-corrected chi connectivity index (χ3v) is 3.21. The standard InChI is InChI=1S/C14H26N2O3/c1-11-9-16(10-12(2)19-11)14(18)7-5-4-6-8-15-13(3)17/h11-12H,4-10H2,1-3H3,(H,15,17)/t11-,12-/m0/s1. The summed E-state index contributed by atoms with van der Waals surface area (Å²) in [5.74, 6) is 0.230. The Morgan fingerprint density at radius 2 is 1.79 bits per heavy atom. The van der Waals surface area contributed by atoms with E-state index in [4.69, 9.17) is 4.74 Å². The molecule has 5 nitrogen and oxygen atoms in total. The molecule has 2 amide bonds. The predicted molar refractivity (Wildman–Crippen MR) is 73.7 cm³/mol. The summed E-state index contributed by atoms with van der Waals surface area (Å²) >= 11 is 0.